The van der Waals surface area contributed by atoms with Crippen LogP contribution in [0.1, 0.15) is 83.2 Å². The molecule has 0 unspecified atom stereocenters. The van der Waals surface area contributed by atoms with Crippen LogP contribution in [0, 0.1) is 30.6 Å². The summed E-state index contributed by atoms with van der Waals surface area (Å²) in [5.74, 6) is 3.33. The molecule has 1 aromatic rings. The summed E-state index contributed by atoms with van der Waals surface area (Å²) < 4.78 is 5.54. The average molecular weight is 358 g/mol. The fourth-order valence-electron chi connectivity index (χ4n) is 4.98. The van der Waals surface area contributed by atoms with Crippen LogP contribution in [-0.2, 0) is 4.79 Å². The fraction of sp³-hybridized carbons (Fsp3) is 0.739. The van der Waals surface area contributed by atoms with Crippen LogP contribution in [-0.4, -0.2) is 11.0 Å². The zero-order valence-corrected chi connectivity index (χ0v) is 16.6. The number of aryl methyl sites for hydroxylation is 1. The lowest BCUT2D eigenvalue weighted by Crippen LogP contribution is -2.30. The van der Waals surface area contributed by atoms with E-state index in [2.05, 4.69) is 11.9 Å². The van der Waals surface area contributed by atoms with Crippen molar-refractivity contribution in [1.82, 2.24) is 4.98 Å². The van der Waals surface area contributed by atoms with Gasteiger partial charge in [-0.2, -0.15) is 0 Å². The number of aromatic nitrogens is 1. The number of ether oxygens (including phenoxy) is 1. The molecule has 0 atom stereocenters. The van der Waals surface area contributed by atoms with Gasteiger partial charge in [-0.05, 0) is 75.3 Å². The molecule has 0 bridgehead atoms. The van der Waals surface area contributed by atoms with Gasteiger partial charge in [-0.15, -0.1) is 0 Å². The van der Waals surface area contributed by atoms with Crippen molar-refractivity contribution in [2.45, 2.75) is 84.5 Å². The molecular weight excluding hydrogens is 322 g/mol. The van der Waals surface area contributed by atoms with Crippen molar-refractivity contribution in [1.29, 1.82) is 0 Å². The van der Waals surface area contributed by atoms with E-state index in [1.165, 1.54) is 57.8 Å². The van der Waals surface area contributed by atoms with Crippen LogP contribution in [0.15, 0.2) is 18.3 Å². The van der Waals surface area contributed by atoms with E-state index in [4.69, 9.17) is 4.74 Å². The highest BCUT2D eigenvalue weighted by atomic mass is 16.5. The van der Waals surface area contributed by atoms with Gasteiger partial charge in [0.1, 0.15) is 5.75 Å². The van der Waals surface area contributed by atoms with Gasteiger partial charge in [0, 0.05) is 5.69 Å². The van der Waals surface area contributed by atoms with Crippen molar-refractivity contribution in [3.05, 3.63) is 24.0 Å². The van der Waals surface area contributed by atoms with Gasteiger partial charge in [0.25, 0.3) is 0 Å². The molecule has 3 nitrogen and oxygen atoms in total. The van der Waals surface area contributed by atoms with Gasteiger partial charge >= 0.3 is 5.97 Å². The van der Waals surface area contributed by atoms with E-state index in [-0.39, 0.29) is 11.9 Å². The molecule has 2 aliphatic rings. The minimum atomic E-state index is -0.0580. The Bertz CT molecular complexity index is 552. The molecule has 144 valence electrons. The Balaban J connectivity index is 1.40. The predicted molar refractivity (Wildman–Crippen MR) is 105 cm³/mol. The van der Waals surface area contributed by atoms with Gasteiger partial charge in [0.2, 0.25) is 0 Å². The van der Waals surface area contributed by atoms with E-state index < -0.39 is 0 Å². The quantitative estimate of drug-likeness (QED) is 0.578. The number of unbranched alkanes of at least 4 members (excludes halogenated alkanes) is 1. The van der Waals surface area contributed by atoms with Gasteiger partial charge in [-0.3, -0.25) is 9.78 Å². The first-order valence-corrected chi connectivity index (χ1v) is 10.8. The molecule has 2 saturated carbocycles. The third-order valence-corrected chi connectivity index (χ3v) is 6.73. The SMILES string of the molecule is CCCCC1CCC(C2CCC(C(=O)Oc3ccc(C)nc3)CC2)CC1. The molecular formula is C23H35NO2. The van der Waals surface area contributed by atoms with Gasteiger partial charge < -0.3 is 4.74 Å². The first-order valence-electron chi connectivity index (χ1n) is 10.8. The van der Waals surface area contributed by atoms with E-state index in [1.807, 2.05) is 19.1 Å². The second kappa shape index (κ2) is 9.53. The van der Waals surface area contributed by atoms with Crippen molar-refractivity contribution in [3.8, 4) is 5.75 Å². The van der Waals surface area contributed by atoms with Crippen LogP contribution in [0.3, 0.4) is 0 Å². The largest absolute Gasteiger partial charge is 0.425 e. The minimum absolute atomic E-state index is 0.0580. The Morgan fingerprint density at radius 1 is 1.04 bits per heavy atom. The summed E-state index contributed by atoms with van der Waals surface area (Å²) in [5.41, 5.74) is 0.940. The molecule has 1 aromatic heterocycles. The third kappa shape index (κ3) is 5.31. The Kier molecular flexibility index (Phi) is 7.10. The predicted octanol–water partition coefficient (Wildman–Crippen LogP) is 6.10. The monoisotopic (exact) mass is 357 g/mol. The highest BCUT2D eigenvalue weighted by molar-refractivity contribution is 5.75. The van der Waals surface area contributed by atoms with Crippen LogP contribution in [0.2, 0.25) is 0 Å². The van der Waals surface area contributed by atoms with E-state index >= 15 is 0 Å². The lowest BCUT2D eigenvalue weighted by molar-refractivity contribution is -0.140. The molecule has 0 radical (unpaired) electrons. The number of pyridine rings is 1. The van der Waals surface area contributed by atoms with Crippen molar-refractivity contribution >= 4 is 5.97 Å². The number of nitrogens with zero attached hydrogens (tertiary/aromatic N) is 1. The topological polar surface area (TPSA) is 39.2 Å². The molecule has 0 N–H and O–H groups in total. The zero-order valence-electron chi connectivity index (χ0n) is 16.6. The molecule has 0 spiro atoms. The van der Waals surface area contributed by atoms with Crippen molar-refractivity contribution in [3.63, 3.8) is 0 Å². The van der Waals surface area contributed by atoms with Gasteiger partial charge in [0.15, 0.2) is 0 Å². The maximum Gasteiger partial charge on any atom is 0.314 e. The summed E-state index contributed by atoms with van der Waals surface area (Å²) >= 11 is 0. The van der Waals surface area contributed by atoms with E-state index in [9.17, 15) is 4.79 Å². The molecule has 3 rings (SSSR count). The Hall–Kier alpha value is -1.38. The third-order valence-electron chi connectivity index (χ3n) is 6.73. The van der Waals surface area contributed by atoms with Crippen LogP contribution in [0.25, 0.3) is 0 Å². The van der Waals surface area contributed by atoms with Crippen LogP contribution < -0.4 is 4.74 Å². The van der Waals surface area contributed by atoms with Crippen molar-refractivity contribution < 1.29 is 9.53 Å². The van der Waals surface area contributed by atoms with Gasteiger partial charge in [-0.25, -0.2) is 0 Å². The fourth-order valence-corrected chi connectivity index (χ4v) is 4.98. The molecule has 3 heteroatoms. The highest BCUT2D eigenvalue weighted by Crippen LogP contribution is 2.42. The van der Waals surface area contributed by atoms with E-state index in [1.54, 1.807) is 6.20 Å². The minimum Gasteiger partial charge on any atom is -0.425 e. The summed E-state index contributed by atoms with van der Waals surface area (Å²) in [6.45, 7) is 4.23. The van der Waals surface area contributed by atoms with E-state index in [0.29, 0.717) is 5.75 Å². The molecule has 0 amide bonds. The zero-order chi connectivity index (χ0) is 18.4. The average Bonchev–Trinajstić information content (AvgIpc) is 2.68. The summed E-state index contributed by atoms with van der Waals surface area (Å²) in [5, 5.41) is 0. The summed E-state index contributed by atoms with van der Waals surface area (Å²) in [6, 6.07) is 3.72. The second-order valence-electron chi connectivity index (χ2n) is 8.59. The number of rotatable bonds is 6. The van der Waals surface area contributed by atoms with Crippen molar-refractivity contribution in [2.24, 2.45) is 23.7 Å². The van der Waals surface area contributed by atoms with Crippen LogP contribution in [0.5, 0.6) is 5.75 Å². The molecule has 26 heavy (non-hydrogen) atoms. The Labute approximate surface area is 158 Å². The smallest absolute Gasteiger partial charge is 0.314 e. The molecule has 1 heterocycles. The summed E-state index contributed by atoms with van der Waals surface area (Å²) in [7, 11) is 0. The maximum absolute atomic E-state index is 12.4. The molecule has 2 aliphatic carbocycles. The van der Waals surface area contributed by atoms with E-state index in [0.717, 1.165) is 36.3 Å². The van der Waals surface area contributed by atoms with Gasteiger partial charge in [-0.1, -0.05) is 39.0 Å². The molecule has 0 aliphatic heterocycles. The first-order chi connectivity index (χ1) is 12.7. The number of carbonyl (C=O) groups is 1. The lowest BCUT2D eigenvalue weighted by atomic mass is 9.68. The summed E-state index contributed by atoms with van der Waals surface area (Å²) in [4.78, 5) is 16.6. The normalized spacial score (nSPS) is 29.3. The lowest BCUT2D eigenvalue weighted by Gasteiger charge is -2.37. The highest BCUT2D eigenvalue weighted by Gasteiger charge is 2.33. The van der Waals surface area contributed by atoms with Crippen LogP contribution in [0.4, 0.5) is 0 Å². The number of carbonyl (C=O) groups excluding carboxylic acids is 1. The maximum atomic E-state index is 12.4. The Morgan fingerprint density at radius 2 is 1.69 bits per heavy atom. The molecule has 2 fully saturated rings. The first kappa shape index (κ1) is 19.4. The van der Waals surface area contributed by atoms with Crippen molar-refractivity contribution in [2.75, 3.05) is 0 Å². The number of hydrogen-bond donors (Lipinski definition) is 0. The van der Waals surface area contributed by atoms with Crippen LogP contribution >= 0.6 is 0 Å². The second-order valence-corrected chi connectivity index (χ2v) is 8.59. The number of esters is 1. The molecule has 0 aromatic carbocycles. The number of hydrogen-bond acceptors (Lipinski definition) is 3. The molecule has 0 saturated heterocycles. The summed E-state index contributed by atoms with van der Waals surface area (Å²) in [6.07, 6.45) is 15.9. The standard InChI is InChI=1S/C23H35NO2/c1-3-4-5-18-7-9-19(10-8-18)20-11-13-21(14-12-20)23(25)26-22-15-6-17(2)24-16-22/h6,15-16,18-21H,3-5,7-14H2,1-2H3. The Morgan fingerprint density at radius 3 is 2.27 bits per heavy atom. The van der Waals surface area contributed by atoms with Gasteiger partial charge in [0.05, 0.1) is 12.1 Å².